The van der Waals surface area contributed by atoms with Crippen LogP contribution >= 0.6 is 23.1 Å². The van der Waals surface area contributed by atoms with Crippen molar-refractivity contribution in [2.45, 2.75) is 10.9 Å². The van der Waals surface area contributed by atoms with Crippen LogP contribution in [0.4, 0.5) is 0 Å². The minimum absolute atomic E-state index is 0.0924. The van der Waals surface area contributed by atoms with Gasteiger partial charge in [-0.1, -0.05) is 36.0 Å². The summed E-state index contributed by atoms with van der Waals surface area (Å²) in [7, 11) is 0. The van der Waals surface area contributed by atoms with E-state index in [1.165, 1.54) is 33.6 Å². The lowest BCUT2D eigenvalue weighted by Gasteiger charge is -2.12. The monoisotopic (exact) mass is 418 g/mol. The summed E-state index contributed by atoms with van der Waals surface area (Å²) in [5.41, 5.74) is 2.46. The fourth-order valence-corrected chi connectivity index (χ4v) is 4.77. The minimum Gasteiger partial charge on any atom is -0.269 e. The zero-order chi connectivity index (χ0) is 19.8. The van der Waals surface area contributed by atoms with Crippen molar-refractivity contribution in [3.05, 3.63) is 98.6 Å². The Bertz CT molecular complexity index is 1450. The van der Waals surface area contributed by atoms with E-state index in [0.717, 1.165) is 5.69 Å². The first kappa shape index (κ1) is 17.8. The van der Waals surface area contributed by atoms with E-state index >= 15 is 0 Å². The Labute approximate surface area is 173 Å². The summed E-state index contributed by atoms with van der Waals surface area (Å²) < 4.78 is 3.75. The largest absolute Gasteiger partial charge is 0.276 e. The number of thioether (sulfide) groups is 1. The van der Waals surface area contributed by atoms with Gasteiger partial charge in [0.05, 0.1) is 16.9 Å². The van der Waals surface area contributed by atoms with Gasteiger partial charge in [0.25, 0.3) is 11.1 Å². The first-order valence-corrected chi connectivity index (χ1v) is 10.7. The van der Waals surface area contributed by atoms with E-state index in [0.29, 0.717) is 32.5 Å². The molecule has 0 saturated heterocycles. The molecule has 4 heterocycles. The Morgan fingerprint density at radius 1 is 0.966 bits per heavy atom. The van der Waals surface area contributed by atoms with Crippen LogP contribution in [0, 0.1) is 0 Å². The number of para-hydroxylation sites is 1. The third-order valence-corrected chi connectivity index (χ3v) is 6.30. The van der Waals surface area contributed by atoms with Crippen molar-refractivity contribution in [1.82, 2.24) is 18.9 Å². The summed E-state index contributed by atoms with van der Waals surface area (Å²) >= 11 is 2.78. The van der Waals surface area contributed by atoms with Gasteiger partial charge in [0, 0.05) is 18.0 Å². The second-order valence-corrected chi connectivity index (χ2v) is 8.17. The molecule has 5 aromatic rings. The molecule has 0 aliphatic rings. The molecule has 1 aromatic carbocycles. The molecule has 0 saturated carbocycles. The van der Waals surface area contributed by atoms with Crippen LogP contribution in [0.3, 0.4) is 0 Å². The lowest BCUT2D eigenvalue weighted by atomic mass is 10.3. The average Bonchev–Trinajstić information content (AvgIpc) is 3.22. The van der Waals surface area contributed by atoms with Crippen LogP contribution in [0.5, 0.6) is 0 Å². The fourth-order valence-electron chi connectivity index (χ4n) is 3.11. The van der Waals surface area contributed by atoms with Crippen LogP contribution in [0.25, 0.3) is 21.6 Å². The molecule has 29 heavy (non-hydrogen) atoms. The number of rotatable bonds is 4. The maximum atomic E-state index is 13.1. The van der Waals surface area contributed by atoms with Gasteiger partial charge < -0.3 is 0 Å². The summed E-state index contributed by atoms with van der Waals surface area (Å²) in [6, 6.07) is 18.3. The second-order valence-electron chi connectivity index (χ2n) is 6.31. The van der Waals surface area contributed by atoms with E-state index in [2.05, 4.69) is 4.98 Å². The van der Waals surface area contributed by atoms with Crippen molar-refractivity contribution in [1.29, 1.82) is 0 Å². The molecule has 0 radical (unpaired) electrons. The maximum Gasteiger partial charge on any atom is 0.276 e. The summed E-state index contributed by atoms with van der Waals surface area (Å²) in [6.07, 6.45) is 1.70. The standard InChI is InChI=1S/C21H14N4O2S2/c26-18-12-14(22-17-8-4-5-10-24(17)18)13-29-21-23-16-9-11-28-19(16)20(27)25(21)15-6-2-1-3-7-15/h1-12H,13H2. The Morgan fingerprint density at radius 3 is 2.66 bits per heavy atom. The van der Waals surface area contributed by atoms with E-state index in [-0.39, 0.29) is 11.1 Å². The van der Waals surface area contributed by atoms with Crippen LogP contribution in [0.2, 0.25) is 0 Å². The molecule has 0 atom stereocenters. The number of hydrogen-bond donors (Lipinski definition) is 0. The van der Waals surface area contributed by atoms with Crippen molar-refractivity contribution < 1.29 is 0 Å². The van der Waals surface area contributed by atoms with Gasteiger partial charge >= 0.3 is 0 Å². The highest BCUT2D eigenvalue weighted by Crippen LogP contribution is 2.25. The summed E-state index contributed by atoms with van der Waals surface area (Å²) in [5, 5.41) is 2.44. The van der Waals surface area contributed by atoms with Crippen LogP contribution in [-0.2, 0) is 5.75 Å². The topological polar surface area (TPSA) is 69.3 Å². The van der Waals surface area contributed by atoms with Crippen LogP contribution in [0.15, 0.2) is 87.0 Å². The number of benzene rings is 1. The molecule has 0 aliphatic heterocycles. The molecule has 5 rings (SSSR count). The molecule has 6 nitrogen and oxygen atoms in total. The van der Waals surface area contributed by atoms with Crippen LogP contribution < -0.4 is 11.1 Å². The SMILES string of the molecule is O=c1c2sccc2nc(SCc2cc(=O)n3ccccc3n2)n1-c1ccccc1. The van der Waals surface area contributed by atoms with E-state index in [9.17, 15) is 9.59 Å². The zero-order valence-electron chi connectivity index (χ0n) is 15.1. The van der Waals surface area contributed by atoms with Gasteiger partial charge in [0.2, 0.25) is 0 Å². The molecule has 0 N–H and O–H groups in total. The van der Waals surface area contributed by atoms with Crippen LogP contribution in [0.1, 0.15) is 5.69 Å². The van der Waals surface area contributed by atoms with E-state index in [4.69, 9.17) is 4.98 Å². The number of pyridine rings is 1. The number of nitrogens with zero attached hydrogens (tertiary/aromatic N) is 4. The predicted octanol–water partition coefficient (Wildman–Crippen LogP) is 3.75. The highest BCUT2D eigenvalue weighted by atomic mass is 32.2. The predicted molar refractivity (Wildman–Crippen MR) is 116 cm³/mol. The van der Waals surface area contributed by atoms with Gasteiger partial charge in [-0.05, 0) is 35.7 Å². The highest BCUT2D eigenvalue weighted by molar-refractivity contribution is 7.98. The molecular weight excluding hydrogens is 404 g/mol. The van der Waals surface area contributed by atoms with E-state index in [1.54, 1.807) is 22.9 Å². The van der Waals surface area contributed by atoms with Crippen molar-refractivity contribution in [2.75, 3.05) is 0 Å². The van der Waals surface area contributed by atoms with Crippen LogP contribution in [-0.4, -0.2) is 18.9 Å². The lowest BCUT2D eigenvalue weighted by molar-refractivity contribution is 0.821. The molecule has 8 heteroatoms. The number of aromatic nitrogens is 4. The third-order valence-electron chi connectivity index (χ3n) is 4.44. The van der Waals surface area contributed by atoms with E-state index < -0.39 is 0 Å². The van der Waals surface area contributed by atoms with Crippen molar-refractivity contribution in [2.24, 2.45) is 0 Å². The third kappa shape index (κ3) is 3.26. The van der Waals surface area contributed by atoms with Gasteiger partial charge in [0.15, 0.2) is 5.16 Å². The van der Waals surface area contributed by atoms with Crippen molar-refractivity contribution >= 4 is 39.0 Å². The fraction of sp³-hybridized carbons (Fsp3) is 0.0476. The quantitative estimate of drug-likeness (QED) is 0.328. The number of fused-ring (bicyclic) bond motifs is 2. The summed E-state index contributed by atoms with van der Waals surface area (Å²) in [6.45, 7) is 0. The minimum atomic E-state index is -0.132. The Morgan fingerprint density at radius 2 is 1.79 bits per heavy atom. The summed E-state index contributed by atoms with van der Waals surface area (Å²) in [5.74, 6) is 0.426. The smallest absolute Gasteiger partial charge is 0.269 e. The Hall–Kier alpha value is -3.23. The lowest BCUT2D eigenvalue weighted by Crippen LogP contribution is -2.21. The maximum absolute atomic E-state index is 13.1. The molecular formula is C21H14N4O2S2. The van der Waals surface area contributed by atoms with Gasteiger partial charge in [0.1, 0.15) is 10.3 Å². The van der Waals surface area contributed by atoms with Crippen molar-refractivity contribution in [3.8, 4) is 5.69 Å². The molecule has 0 spiro atoms. The zero-order valence-corrected chi connectivity index (χ0v) is 16.7. The van der Waals surface area contributed by atoms with Gasteiger partial charge in [-0.15, -0.1) is 11.3 Å². The molecule has 0 unspecified atom stereocenters. The normalized spacial score (nSPS) is 11.3. The number of thiophene rings is 1. The Balaban J connectivity index is 1.59. The summed E-state index contributed by atoms with van der Waals surface area (Å²) in [4.78, 5) is 34.7. The van der Waals surface area contributed by atoms with Crippen molar-refractivity contribution in [3.63, 3.8) is 0 Å². The molecule has 0 amide bonds. The Kier molecular flexibility index (Phi) is 4.49. The van der Waals surface area contributed by atoms with Gasteiger partial charge in [-0.3, -0.25) is 18.6 Å². The first-order valence-electron chi connectivity index (χ1n) is 8.86. The average molecular weight is 419 g/mol. The molecule has 0 aliphatic carbocycles. The van der Waals surface area contributed by atoms with Gasteiger partial charge in [-0.25, -0.2) is 9.97 Å². The number of hydrogen-bond acceptors (Lipinski definition) is 6. The molecule has 4 aromatic heterocycles. The van der Waals surface area contributed by atoms with Gasteiger partial charge in [-0.2, -0.15) is 0 Å². The van der Waals surface area contributed by atoms with E-state index in [1.807, 2.05) is 47.8 Å². The first-order chi connectivity index (χ1) is 14.2. The molecule has 142 valence electrons. The molecule has 0 fully saturated rings. The second kappa shape index (κ2) is 7.31. The molecule has 0 bridgehead atoms. The highest BCUT2D eigenvalue weighted by Gasteiger charge is 2.15.